The number of hydrogen-bond donors (Lipinski definition) is 3. The number of carbonyl (C=O) groups is 1. The number of halogens is 3. The summed E-state index contributed by atoms with van der Waals surface area (Å²) in [5.41, 5.74) is 6.24. The fourth-order valence-corrected chi connectivity index (χ4v) is 2.91. The fraction of sp³-hybridized carbons (Fsp3) is 0.316. The van der Waals surface area contributed by atoms with E-state index in [1.54, 1.807) is 0 Å². The molecule has 144 valence electrons. The Morgan fingerprint density at radius 3 is 2.59 bits per heavy atom. The van der Waals surface area contributed by atoms with Gasteiger partial charge in [-0.3, -0.25) is 4.79 Å². The van der Waals surface area contributed by atoms with Crippen LogP contribution in [0.25, 0.3) is 0 Å². The lowest BCUT2D eigenvalue weighted by molar-refractivity contribution is -0.137. The van der Waals surface area contributed by atoms with Gasteiger partial charge in [0.1, 0.15) is 11.8 Å². The topological polar surface area (TPSA) is 62.4 Å². The maximum atomic E-state index is 12.8. The second kappa shape index (κ2) is 7.98. The van der Waals surface area contributed by atoms with Crippen LogP contribution in [0.4, 0.5) is 18.9 Å². The summed E-state index contributed by atoms with van der Waals surface area (Å²) in [7, 11) is 0. The Labute approximate surface area is 154 Å². The van der Waals surface area contributed by atoms with E-state index in [4.69, 9.17) is 4.74 Å². The average molecular weight is 379 g/mol. The van der Waals surface area contributed by atoms with Gasteiger partial charge in [0.05, 0.1) is 12.2 Å². The Balaban J connectivity index is 1.61. The number of hydrazine groups is 1. The van der Waals surface area contributed by atoms with Crippen LogP contribution in [0.2, 0.25) is 0 Å². The molecule has 8 heteroatoms. The highest BCUT2D eigenvalue weighted by atomic mass is 19.4. The van der Waals surface area contributed by atoms with Crippen molar-refractivity contribution < 1.29 is 22.7 Å². The largest absolute Gasteiger partial charge is 0.494 e. The van der Waals surface area contributed by atoms with Gasteiger partial charge >= 0.3 is 6.18 Å². The van der Waals surface area contributed by atoms with Crippen LogP contribution in [0.5, 0.6) is 5.75 Å². The van der Waals surface area contributed by atoms with E-state index in [9.17, 15) is 18.0 Å². The van der Waals surface area contributed by atoms with Gasteiger partial charge in [-0.05, 0) is 49.2 Å². The first kappa shape index (κ1) is 19.2. The Bertz CT molecular complexity index is 794. The van der Waals surface area contributed by atoms with Crippen LogP contribution in [0.1, 0.15) is 30.5 Å². The maximum absolute atomic E-state index is 12.8. The molecule has 1 aliphatic rings. The Morgan fingerprint density at radius 1 is 1.19 bits per heavy atom. The number of hydrogen-bond acceptors (Lipinski definition) is 4. The lowest BCUT2D eigenvalue weighted by atomic mass is 10.0. The zero-order valence-corrected chi connectivity index (χ0v) is 14.6. The number of rotatable bonds is 5. The van der Waals surface area contributed by atoms with Gasteiger partial charge in [-0.25, -0.2) is 10.9 Å². The van der Waals surface area contributed by atoms with Gasteiger partial charge in [-0.15, -0.1) is 0 Å². The van der Waals surface area contributed by atoms with Gasteiger partial charge < -0.3 is 10.1 Å². The molecule has 2 aromatic rings. The molecule has 27 heavy (non-hydrogen) atoms. The number of amides is 1. The van der Waals surface area contributed by atoms with E-state index in [0.717, 1.165) is 23.4 Å². The van der Waals surface area contributed by atoms with E-state index in [1.807, 2.05) is 31.2 Å². The molecule has 0 bridgehead atoms. The van der Waals surface area contributed by atoms with Crippen LogP contribution in [0.15, 0.2) is 48.5 Å². The minimum atomic E-state index is -4.45. The highest BCUT2D eigenvalue weighted by Crippen LogP contribution is 2.31. The number of benzene rings is 2. The summed E-state index contributed by atoms with van der Waals surface area (Å²) in [4.78, 5) is 12.4. The summed E-state index contributed by atoms with van der Waals surface area (Å²) in [6, 6.07) is 11.5. The quantitative estimate of drug-likeness (QED) is 0.742. The zero-order valence-electron chi connectivity index (χ0n) is 14.6. The minimum Gasteiger partial charge on any atom is -0.494 e. The van der Waals surface area contributed by atoms with Crippen LogP contribution in [0.3, 0.4) is 0 Å². The third-order valence-electron chi connectivity index (χ3n) is 4.27. The van der Waals surface area contributed by atoms with Gasteiger partial charge in [0.25, 0.3) is 0 Å². The molecule has 2 atom stereocenters. The van der Waals surface area contributed by atoms with E-state index in [-0.39, 0.29) is 11.7 Å². The molecule has 3 rings (SSSR count). The summed E-state index contributed by atoms with van der Waals surface area (Å²) < 4.78 is 43.7. The molecule has 0 aromatic heterocycles. The Morgan fingerprint density at radius 2 is 1.93 bits per heavy atom. The molecule has 2 aromatic carbocycles. The first-order chi connectivity index (χ1) is 12.9. The van der Waals surface area contributed by atoms with Crippen molar-refractivity contribution in [1.82, 2.24) is 10.9 Å². The molecule has 1 aliphatic heterocycles. The third kappa shape index (κ3) is 4.78. The number of ether oxygens (including phenoxy) is 1. The summed E-state index contributed by atoms with van der Waals surface area (Å²) in [5, 5.41) is 2.53. The van der Waals surface area contributed by atoms with Crippen molar-refractivity contribution in [3.05, 3.63) is 59.7 Å². The summed E-state index contributed by atoms with van der Waals surface area (Å²) >= 11 is 0. The molecule has 0 radical (unpaired) electrons. The molecule has 1 amide bonds. The van der Waals surface area contributed by atoms with Crippen LogP contribution in [-0.2, 0) is 11.0 Å². The molecular formula is C19H20F3N3O2. The molecule has 3 N–H and O–H groups in total. The maximum Gasteiger partial charge on any atom is 0.416 e. The molecule has 2 unspecified atom stereocenters. The van der Waals surface area contributed by atoms with Crippen molar-refractivity contribution in [2.45, 2.75) is 31.6 Å². The molecule has 1 fully saturated rings. The minimum absolute atomic E-state index is 0.0852. The van der Waals surface area contributed by atoms with Crippen molar-refractivity contribution in [3.8, 4) is 5.75 Å². The highest BCUT2D eigenvalue weighted by molar-refractivity contribution is 5.95. The molecular weight excluding hydrogens is 359 g/mol. The highest BCUT2D eigenvalue weighted by Gasteiger charge is 2.32. The van der Waals surface area contributed by atoms with E-state index in [2.05, 4.69) is 16.2 Å². The van der Waals surface area contributed by atoms with E-state index in [0.29, 0.717) is 13.0 Å². The predicted octanol–water partition coefficient (Wildman–Crippen LogP) is 3.65. The van der Waals surface area contributed by atoms with Gasteiger partial charge in [0.15, 0.2) is 0 Å². The number of alkyl halides is 3. The van der Waals surface area contributed by atoms with Crippen molar-refractivity contribution in [3.63, 3.8) is 0 Å². The summed E-state index contributed by atoms with van der Waals surface area (Å²) in [6.45, 7) is 2.49. The van der Waals surface area contributed by atoms with Crippen molar-refractivity contribution in [2.24, 2.45) is 0 Å². The van der Waals surface area contributed by atoms with Crippen molar-refractivity contribution >= 4 is 11.6 Å². The first-order valence-corrected chi connectivity index (χ1v) is 8.58. The van der Waals surface area contributed by atoms with Gasteiger partial charge in [-0.2, -0.15) is 13.2 Å². The average Bonchev–Trinajstić information content (AvgIpc) is 3.12. The molecule has 0 saturated carbocycles. The van der Waals surface area contributed by atoms with Crippen LogP contribution in [0, 0.1) is 0 Å². The van der Waals surface area contributed by atoms with Crippen molar-refractivity contribution in [2.75, 3.05) is 11.9 Å². The fourth-order valence-electron chi connectivity index (χ4n) is 2.91. The number of carbonyl (C=O) groups excluding carboxylic acids is 1. The van der Waals surface area contributed by atoms with Crippen LogP contribution < -0.4 is 20.9 Å². The molecule has 0 aliphatic carbocycles. The van der Waals surface area contributed by atoms with Crippen molar-refractivity contribution in [1.29, 1.82) is 0 Å². The standard InChI is InChI=1S/C19H20F3N3O2/c1-2-27-15-8-6-12(7-9-15)16-11-17(25-24-16)18(26)23-14-5-3-4-13(10-14)19(20,21)22/h3-10,16-17,24-25H,2,11H2,1H3,(H,23,26). The van der Waals surface area contributed by atoms with Crippen LogP contribution >= 0.6 is 0 Å². The molecule has 5 nitrogen and oxygen atoms in total. The SMILES string of the molecule is CCOc1ccc(C2CC(C(=O)Nc3cccc(C(F)(F)F)c3)NN2)cc1. The zero-order chi connectivity index (χ0) is 19.4. The molecule has 1 heterocycles. The number of nitrogens with one attached hydrogen (secondary N) is 3. The summed E-state index contributed by atoms with van der Waals surface area (Å²) in [6.07, 6.45) is -3.98. The van der Waals surface area contributed by atoms with E-state index >= 15 is 0 Å². The second-order valence-electron chi connectivity index (χ2n) is 6.20. The Kier molecular flexibility index (Phi) is 5.67. The number of anilines is 1. The Hall–Kier alpha value is -2.58. The smallest absolute Gasteiger partial charge is 0.416 e. The molecule has 1 saturated heterocycles. The van der Waals surface area contributed by atoms with E-state index in [1.165, 1.54) is 12.1 Å². The van der Waals surface area contributed by atoms with Gasteiger partial charge in [0, 0.05) is 11.7 Å². The first-order valence-electron chi connectivity index (χ1n) is 8.58. The predicted molar refractivity (Wildman–Crippen MR) is 95.1 cm³/mol. The third-order valence-corrected chi connectivity index (χ3v) is 4.27. The van der Waals surface area contributed by atoms with Gasteiger partial charge in [0.2, 0.25) is 5.91 Å². The van der Waals surface area contributed by atoms with E-state index < -0.39 is 23.7 Å². The molecule has 0 spiro atoms. The van der Waals surface area contributed by atoms with Crippen LogP contribution in [-0.4, -0.2) is 18.6 Å². The normalized spacial score (nSPS) is 19.7. The van der Waals surface area contributed by atoms with Gasteiger partial charge in [-0.1, -0.05) is 18.2 Å². The second-order valence-corrected chi connectivity index (χ2v) is 6.20. The lowest BCUT2D eigenvalue weighted by Crippen LogP contribution is -2.39. The summed E-state index contributed by atoms with van der Waals surface area (Å²) in [5.74, 6) is 0.376. The monoisotopic (exact) mass is 379 g/mol. The lowest BCUT2D eigenvalue weighted by Gasteiger charge is -2.13.